The Balaban J connectivity index is 0.00000312. The predicted octanol–water partition coefficient (Wildman–Crippen LogP) is 0.937. The fourth-order valence-corrected chi connectivity index (χ4v) is 4.44. The first-order valence-corrected chi connectivity index (χ1v) is 10.3. The van der Waals surface area contributed by atoms with Crippen LogP contribution in [0.1, 0.15) is 13.8 Å². The number of sulfonamides is 1. The first-order valence-electron chi connectivity index (χ1n) is 8.07. The van der Waals surface area contributed by atoms with Crippen molar-refractivity contribution in [1.29, 1.82) is 0 Å². The average Bonchev–Trinajstić information content (AvgIpc) is 2.59. The van der Waals surface area contributed by atoms with Crippen molar-refractivity contribution in [2.24, 2.45) is 0 Å². The molecule has 0 unspecified atom stereocenters. The van der Waals surface area contributed by atoms with E-state index in [0.717, 1.165) is 19.6 Å². The number of ether oxygens (including phenoxy) is 2. The summed E-state index contributed by atoms with van der Waals surface area (Å²) in [5, 5.41) is 0. The zero-order chi connectivity index (χ0) is 17.6. The normalized spacial score (nSPS) is 16.4. The molecule has 0 spiro atoms. The van der Waals surface area contributed by atoms with Crippen LogP contribution in [0.4, 0.5) is 0 Å². The fourth-order valence-electron chi connectivity index (χ4n) is 2.43. The summed E-state index contributed by atoms with van der Waals surface area (Å²) in [5.41, 5.74) is 0. The van der Waals surface area contributed by atoms with Gasteiger partial charge in [0.1, 0.15) is 11.5 Å². The Labute approximate surface area is 180 Å². The molecule has 0 radical (unpaired) electrons. The van der Waals surface area contributed by atoms with Crippen LogP contribution in [-0.2, 0) is 14.8 Å². The molecular weight excluding hydrogens is 421 g/mol. The van der Waals surface area contributed by atoms with E-state index in [0.29, 0.717) is 43.3 Å². The van der Waals surface area contributed by atoms with Gasteiger partial charge in [-0.3, -0.25) is 0 Å². The van der Waals surface area contributed by atoms with Crippen molar-refractivity contribution in [2.45, 2.75) is 18.7 Å². The summed E-state index contributed by atoms with van der Waals surface area (Å²) >= 11 is 3.33. The van der Waals surface area contributed by atoms with Gasteiger partial charge >= 0.3 is 29.6 Å². The molecule has 1 aliphatic heterocycles. The Morgan fingerprint density at radius 3 is 2.44 bits per heavy atom. The van der Waals surface area contributed by atoms with Crippen molar-refractivity contribution < 1.29 is 17.9 Å². The second-order valence-corrected chi connectivity index (χ2v) is 8.13. The van der Waals surface area contributed by atoms with Crippen molar-refractivity contribution in [3.63, 3.8) is 0 Å². The van der Waals surface area contributed by atoms with Crippen molar-refractivity contribution in [2.75, 3.05) is 52.5 Å². The summed E-state index contributed by atoms with van der Waals surface area (Å²) < 4.78 is 38.2. The first-order chi connectivity index (χ1) is 11.5. The topological polar surface area (TPSA) is 72.0 Å². The quantitative estimate of drug-likeness (QED) is 0.437. The van der Waals surface area contributed by atoms with Crippen LogP contribution in [0.5, 0.6) is 5.88 Å². The third-order valence-corrected chi connectivity index (χ3v) is 6.30. The number of rotatable bonds is 8. The second kappa shape index (κ2) is 11.2. The second-order valence-electron chi connectivity index (χ2n) is 5.34. The van der Waals surface area contributed by atoms with E-state index < -0.39 is 10.0 Å². The SMILES string of the molecule is CCOCCOc1ncc(S(=O)(=O)N2CCN(CC)CC2)cc1Br.[NaH]. The van der Waals surface area contributed by atoms with Crippen LogP contribution in [0.25, 0.3) is 0 Å². The minimum absolute atomic E-state index is 0. The molecule has 2 heterocycles. The molecule has 0 aromatic carbocycles. The third kappa shape index (κ3) is 6.42. The van der Waals surface area contributed by atoms with E-state index in [1.807, 2.05) is 6.92 Å². The molecule has 1 aromatic heterocycles. The van der Waals surface area contributed by atoms with Crippen molar-refractivity contribution >= 4 is 55.5 Å². The van der Waals surface area contributed by atoms with Gasteiger partial charge in [0, 0.05) is 32.8 Å². The molecule has 7 nitrogen and oxygen atoms in total. The summed E-state index contributed by atoms with van der Waals surface area (Å²) in [6.45, 7) is 8.89. The van der Waals surface area contributed by atoms with E-state index in [-0.39, 0.29) is 34.5 Å². The number of pyridine rings is 1. The predicted molar refractivity (Wildman–Crippen MR) is 102 cm³/mol. The Hall–Kier alpha value is 0.260. The van der Waals surface area contributed by atoms with Gasteiger partial charge in [0.2, 0.25) is 15.9 Å². The summed E-state index contributed by atoms with van der Waals surface area (Å²) in [4.78, 5) is 6.54. The Morgan fingerprint density at radius 1 is 1.20 bits per heavy atom. The molecule has 0 atom stereocenters. The van der Waals surface area contributed by atoms with Gasteiger partial charge < -0.3 is 14.4 Å². The maximum absolute atomic E-state index is 12.7. The van der Waals surface area contributed by atoms with Gasteiger partial charge in [0.05, 0.1) is 17.3 Å². The number of hydrogen-bond acceptors (Lipinski definition) is 6. The van der Waals surface area contributed by atoms with E-state index in [1.165, 1.54) is 10.5 Å². The van der Waals surface area contributed by atoms with Crippen LogP contribution in [0.15, 0.2) is 21.6 Å². The van der Waals surface area contributed by atoms with Crippen LogP contribution in [0.2, 0.25) is 0 Å². The van der Waals surface area contributed by atoms with E-state index >= 15 is 0 Å². The number of hydrogen-bond donors (Lipinski definition) is 0. The molecule has 2 rings (SSSR count). The van der Waals surface area contributed by atoms with Gasteiger partial charge in [0.15, 0.2) is 0 Å². The van der Waals surface area contributed by atoms with Crippen LogP contribution < -0.4 is 4.74 Å². The van der Waals surface area contributed by atoms with E-state index in [2.05, 4.69) is 32.7 Å². The molecule has 1 aromatic rings. The summed E-state index contributed by atoms with van der Waals surface area (Å²) in [7, 11) is -3.53. The Kier molecular flexibility index (Phi) is 10.4. The van der Waals surface area contributed by atoms with E-state index in [9.17, 15) is 8.42 Å². The molecule has 10 heteroatoms. The summed E-state index contributed by atoms with van der Waals surface area (Å²) in [5.74, 6) is 0.365. The van der Waals surface area contributed by atoms with Gasteiger partial charge in [-0.1, -0.05) is 6.92 Å². The Bertz CT molecular complexity index is 640. The van der Waals surface area contributed by atoms with Gasteiger partial charge in [-0.05, 0) is 35.5 Å². The standard InChI is InChI=1S/C15H24BrN3O4S.Na.H/c1-3-18-5-7-19(8-6-18)24(20,21)13-11-14(16)15(17-12-13)23-10-9-22-4-2;;/h11-12H,3-10H2,1-2H3;;. The van der Waals surface area contributed by atoms with Gasteiger partial charge in [0.25, 0.3) is 0 Å². The van der Waals surface area contributed by atoms with Crippen molar-refractivity contribution in [1.82, 2.24) is 14.2 Å². The monoisotopic (exact) mass is 445 g/mol. The molecule has 25 heavy (non-hydrogen) atoms. The molecule has 1 saturated heterocycles. The number of aromatic nitrogens is 1. The molecule has 0 saturated carbocycles. The molecule has 138 valence electrons. The molecule has 0 amide bonds. The number of piperazine rings is 1. The fraction of sp³-hybridized carbons (Fsp3) is 0.667. The molecule has 0 aliphatic carbocycles. The summed E-state index contributed by atoms with van der Waals surface area (Å²) in [6.07, 6.45) is 1.35. The van der Waals surface area contributed by atoms with Crippen LogP contribution in [0.3, 0.4) is 0 Å². The number of nitrogens with zero attached hydrogens (tertiary/aromatic N) is 3. The Morgan fingerprint density at radius 2 is 1.88 bits per heavy atom. The minimum atomic E-state index is -3.53. The van der Waals surface area contributed by atoms with Crippen LogP contribution >= 0.6 is 15.9 Å². The average molecular weight is 446 g/mol. The van der Waals surface area contributed by atoms with Gasteiger partial charge in [-0.25, -0.2) is 13.4 Å². The van der Waals surface area contributed by atoms with Gasteiger partial charge in [-0.15, -0.1) is 0 Å². The summed E-state index contributed by atoms with van der Waals surface area (Å²) in [6, 6.07) is 1.55. The number of halogens is 1. The third-order valence-electron chi connectivity index (χ3n) is 3.87. The first kappa shape index (κ1) is 23.3. The molecule has 0 bridgehead atoms. The zero-order valence-electron chi connectivity index (χ0n) is 14.1. The van der Waals surface area contributed by atoms with Crippen LogP contribution in [-0.4, -0.2) is 105 Å². The van der Waals surface area contributed by atoms with Crippen LogP contribution in [0, 0.1) is 0 Å². The maximum atomic E-state index is 12.7. The van der Waals surface area contributed by atoms with E-state index in [4.69, 9.17) is 9.47 Å². The molecule has 1 aliphatic rings. The van der Waals surface area contributed by atoms with Crippen molar-refractivity contribution in [3.8, 4) is 5.88 Å². The number of likely N-dealkylation sites (N-methyl/N-ethyl adjacent to an activating group) is 1. The molecular formula is C15H25BrN3NaO4S. The van der Waals surface area contributed by atoms with Crippen molar-refractivity contribution in [3.05, 3.63) is 16.7 Å². The zero-order valence-corrected chi connectivity index (χ0v) is 16.5. The van der Waals surface area contributed by atoms with E-state index in [1.54, 1.807) is 6.07 Å². The van der Waals surface area contributed by atoms with Gasteiger partial charge in [-0.2, -0.15) is 4.31 Å². The molecule has 0 N–H and O–H groups in total. The molecule has 1 fully saturated rings.